The largest absolute Gasteiger partial charge is 0.361 e. The summed E-state index contributed by atoms with van der Waals surface area (Å²) in [5.74, 6) is 0.0432. The van der Waals surface area contributed by atoms with Crippen LogP contribution in [-0.4, -0.2) is 10.8 Å². The second-order valence-corrected chi connectivity index (χ2v) is 6.87. The highest BCUT2D eigenvalue weighted by Crippen LogP contribution is 2.36. The summed E-state index contributed by atoms with van der Waals surface area (Å²) in [6, 6.07) is 23.6. The van der Waals surface area contributed by atoms with Crippen LogP contribution >= 0.6 is 11.6 Å². The summed E-state index contributed by atoms with van der Waals surface area (Å²) in [6.07, 6.45) is -0.226. The summed E-state index contributed by atoms with van der Waals surface area (Å²) in [7, 11) is 0. The molecule has 0 bridgehead atoms. The average Bonchev–Trinajstić information content (AvgIpc) is 2.92. The van der Waals surface area contributed by atoms with Gasteiger partial charge < -0.3 is 10.2 Å². The molecule has 0 fully saturated rings. The maximum absolute atomic E-state index is 13.0. The standard InChI is InChI=1S/C22H19ClN2O/c1-15-19(23)12-7-13-20(15)24-21-17-10-5-6-11-18(17)22(26)25(21)14-16-8-3-2-4-9-16/h2-13,21,24H,14H2,1H3/t21-/m1/s1. The molecule has 130 valence electrons. The van der Waals surface area contributed by atoms with E-state index in [4.69, 9.17) is 11.6 Å². The smallest absolute Gasteiger partial charge is 0.256 e. The Balaban J connectivity index is 1.72. The lowest BCUT2D eigenvalue weighted by molar-refractivity contribution is 0.0728. The van der Waals surface area contributed by atoms with Gasteiger partial charge in [-0.15, -0.1) is 0 Å². The zero-order valence-electron chi connectivity index (χ0n) is 14.4. The number of rotatable bonds is 4. The van der Waals surface area contributed by atoms with Crippen molar-refractivity contribution in [3.63, 3.8) is 0 Å². The number of hydrogen-bond donors (Lipinski definition) is 1. The third-order valence-corrected chi connectivity index (χ3v) is 5.22. The normalized spacial score (nSPS) is 15.8. The van der Waals surface area contributed by atoms with Gasteiger partial charge in [-0.05, 0) is 36.2 Å². The van der Waals surface area contributed by atoms with Crippen LogP contribution in [0.5, 0.6) is 0 Å². The number of anilines is 1. The van der Waals surface area contributed by atoms with Gasteiger partial charge in [0.1, 0.15) is 6.17 Å². The molecular formula is C22H19ClN2O. The highest BCUT2D eigenvalue weighted by Gasteiger charge is 2.36. The molecule has 0 unspecified atom stereocenters. The molecule has 0 spiro atoms. The van der Waals surface area contributed by atoms with E-state index in [0.29, 0.717) is 11.6 Å². The van der Waals surface area contributed by atoms with Crippen molar-refractivity contribution in [1.82, 2.24) is 4.90 Å². The Morgan fingerprint density at radius 1 is 0.962 bits per heavy atom. The summed E-state index contributed by atoms with van der Waals surface area (Å²) in [6.45, 7) is 2.53. The minimum atomic E-state index is -0.226. The molecule has 0 saturated heterocycles. The first-order valence-electron chi connectivity index (χ1n) is 8.60. The number of nitrogens with one attached hydrogen (secondary N) is 1. The molecule has 1 heterocycles. The van der Waals surface area contributed by atoms with Gasteiger partial charge in [0.05, 0.1) is 0 Å². The van der Waals surface area contributed by atoms with Crippen LogP contribution in [-0.2, 0) is 6.54 Å². The number of fused-ring (bicyclic) bond motifs is 1. The second-order valence-electron chi connectivity index (χ2n) is 6.47. The van der Waals surface area contributed by atoms with E-state index in [1.165, 1.54) is 0 Å². The molecule has 1 aliphatic heterocycles. The van der Waals surface area contributed by atoms with Crippen LogP contribution in [0.15, 0.2) is 72.8 Å². The average molecular weight is 363 g/mol. The van der Waals surface area contributed by atoms with E-state index in [2.05, 4.69) is 5.32 Å². The zero-order chi connectivity index (χ0) is 18.1. The number of nitrogens with zero attached hydrogens (tertiary/aromatic N) is 1. The van der Waals surface area contributed by atoms with E-state index < -0.39 is 0 Å². The molecule has 0 aromatic heterocycles. The van der Waals surface area contributed by atoms with Crippen molar-refractivity contribution in [3.05, 3.63) is 100 Å². The topological polar surface area (TPSA) is 32.3 Å². The van der Waals surface area contributed by atoms with Crippen molar-refractivity contribution < 1.29 is 4.79 Å². The van der Waals surface area contributed by atoms with E-state index in [1.54, 1.807) is 0 Å². The maximum atomic E-state index is 13.0. The fourth-order valence-corrected chi connectivity index (χ4v) is 3.55. The van der Waals surface area contributed by atoms with Gasteiger partial charge in [-0.25, -0.2) is 0 Å². The first-order valence-corrected chi connectivity index (χ1v) is 8.98. The Morgan fingerprint density at radius 2 is 1.69 bits per heavy atom. The summed E-state index contributed by atoms with van der Waals surface area (Å²) in [5.41, 5.74) is 4.76. The molecule has 4 heteroatoms. The summed E-state index contributed by atoms with van der Waals surface area (Å²) in [5, 5.41) is 4.24. The number of carbonyl (C=O) groups is 1. The van der Waals surface area contributed by atoms with Crippen molar-refractivity contribution in [2.24, 2.45) is 0 Å². The summed E-state index contributed by atoms with van der Waals surface area (Å²) >= 11 is 6.27. The molecule has 0 saturated carbocycles. The van der Waals surface area contributed by atoms with Crippen LogP contribution in [0.2, 0.25) is 5.02 Å². The molecule has 3 nitrogen and oxygen atoms in total. The molecule has 1 aliphatic rings. The lowest BCUT2D eigenvalue weighted by Crippen LogP contribution is -2.32. The highest BCUT2D eigenvalue weighted by atomic mass is 35.5. The first-order chi connectivity index (χ1) is 12.6. The van der Waals surface area contributed by atoms with Crippen LogP contribution in [0, 0.1) is 6.92 Å². The van der Waals surface area contributed by atoms with Crippen LogP contribution < -0.4 is 5.32 Å². The molecule has 3 aromatic carbocycles. The Morgan fingerprint density at radius 3 is 2.50 bits per heavy atom. The van der Waals surface area contributed by atoms with Crippen molar-refractivity contribution in [3.8, 4) is 0 Å². The van der Waals surface area contributed by atoms with Gasteiger partial charge in [-0.1, -0.05) is 66.2 Å². The quantitative estimate of drug-likeness (QED) is 0.672. The van der Waals surface area contributed by atoms with E-state index in [-0.39, 0.29) is 12.1 Å². The number of halogens is 1. The molecule has 0 aliphatic carbocycles. The van der Waals surface area contributed by atoms with Gasteiger partial charge in [0.25, 0.3) is 5.91 Å². The zero-order valence-corrected chi connectivity index (χ0v) is 15.2. The van der Waals surface area contributed by atoms with Gasteiger partial charge in [-0.2, -0.15) is 0 Å². The van der Waals surface area contributed by atoms with E-state index in [9.17, 15) is 4.79 Å². The number of benzene rings is 3. The van der Waals surface area contributed by atoms with Gasteiger partial charge >= 0.3 is 0 Å². The van der Waals surface area contributed by atoms with Crippen LogP contribution in [0.3, 0.4) is 0 Å². The Bertz CT molecular complexity index is 955. The predicted molar refractivity (Wildman–Crippen MR) is 105 cm³/mol. The van der Waals surface area contributed by atoms with Gasteiger partial charge in [0, 0.05) is 28.4 Å². The number of amides is 1. The second kappa shape index (κ2) is 6.85. The molecule has 1 N–H and O–H groups in total. The lowest BCUT2D eigenvalue weighted by Gasteiger charge is -2.28. The third kappa shape index (κ3) is 2.95. The minimum Gasteiger partial charge on any atom is -0.361 e. The van der Waals surface area contributed by atoms with Crippen LogP contribution in [0.25, 0.3) is 0 Å². The highest BCUT2D eigenvalue weighted by molar-refractivity contribution is 6.31. The van der Waals surface area contributed by atoms with Crippen LogP contribution in [0.4, 0.5) is 5.69 Å². The predicted octanol–water partition coefficient (Wildman–Crippen LogP) is 5.42. The molecular weight excluding hydrogens is 344 g/mol. The minimum absolute atomic E-state index is 0.0432. The summed E-state index contributed by atoms with van der Waals surface area (Å²) in [4.78, 5) is 14.9. The Labute approximate surface area is 158 Å². The molecule has 4 rings (SSSR count). The van der Waals surface area contributed by atoms with Gasteiger partial charge in [0.2, 0.25) is 0 Å². The Hall–Kier alpha value is -2.78. The van der Waals surface area contributed by atoms with Crippen molar-refractivity contribution in [2.45, 2.75) is 19.6 Å². The first kappa shape index (κ1) is 16.7. The molecule has 0 radical (unpaired) electrons. The lowest BCUT2D eigenvalue weighted by atomic mass is 10.1. The van der Waals surface area contributed by atoms with Crippen molar-refractivity contribution in [2.75, 3.05) is 5.32 Å². The molecule has 1 atom stereocenters. The molecule has 3 aromatic rings. The molecule has 1 amide bonds. The van der Waals surface area contributed by atoms with E-state index in [0.717, 1.165) is 27.9 Å². The van der Waals surface area contributed by atoms with Crippen molar-refractivity contribution in [1.29, 1.82) is 0 Å². The van der Waals surface area contributed by atoms with Gasteiger partial charge in [-0.3, -0.25) is 4.79 Å². The monoisotopic (exact) mass is 362 g/mol. The fourth-order valence-electron chi connectivity index (χ4n) is 3.38. The van der Waals surface area contributed by atoms with E-state index in [1.807, 2.05) is 84.6 Å². The number of carbonyl (C=O) groups excluding carboxylic acids is 1. The number of hydrogen-bond acceptors (Lipinski definition) is 2. The SMILES string of the molecule is Cc1c(Cl)cccc1N[C@H]1c2ccccc2C(=O)N1Cc1ccccc1. The third-order valence-electron chi connectivity index (χ3n) is 4.81. The Kier molecular flexibility index (Phi) is 4.39. The fraction of sp³-hybridized carbons (Fsp3) is 0.136. The van der Waals surface area contributed by atoms with Gasteiger partial charge in [0.15, 0.2) is 0 Å². The molecule has 26 heavy (non-hydrogen) atoms. The summed E-state index contributed by atoms with van der Waals surface area (Å²) < 4.78 is 0. The van der Waals surface area contributed by atoms with Crippen molar-refractivity contribution >= 4 is 23.2 Å². The van der Waals surface area contributed by atoms with Crippen LogP contribution in [0.1, 0.15) is 33.2 Å². The maximum Gasteiger partial charge on any atom is 0.256 e. The van der Waals surface area contributed by atoms with E-state index >= 15 is 0 Å².